The zero-order chi connectivity index (χ0) is 11.0. The van der Waals surface area contributed by atoms with E-state index < -0.39 is 0 Å². The first-order valence-corrected chi connectivity index (χ1v) is 5.51. The quantitative estimate of drug-likeness (QED) is 0.601. The Morgan fingerprint density at radius 3 is 2.43 bits per heavy atom. The monoisotopic (exact) mass is 202 g/mol. The fourth-order valence-corrected chi connectivity index (χ4v) is 1.10. The number of rotatable bonds is 8. The molecule has 0 bridgehead atoms. The fourth-order valence-electron chi connectivity index (χ4n) is 1.10. The Hall–Kier alpha value is -0.120. The average Bonchev–Trinajstić information content (AvgIpc) is 2.16. The van der Waals surface area contributed by atoms with Crippen LogP contribution in [0.2, 0.25) is 0 Å². The molecule has 0 radical (unpaired) electrons. The first-order chi connectivity index (χ1) is 6.57. The van der Waals surface area contributed by atoms with Gasteiger partial charge in [-0.1, -0.05) is 0 Å². The molecule has 1 unspecified atom stereocenters. The molecule has 0 aromatic rings. The smallest absolute Gasteiger partial charge is 0.0667 e. The van der Waals surface area contributed by atoms with Crippen LogP contribution >= 0.6 is 0 Å². The van der Waals surface area contributed by atoms with Crippen molar-refractivity contribution in [3.63, 3.8) is 0 Å². The highest BCUT2D eigenvalue weighted by Crippen LogP contribution is 1.94. The van der Waals surface area contributed by atoms with Crippen LogP contribution < -0.4 is 5.32 Å². The van der Waals surface area contributed by atoms with Gasteiger partial charge < -0.3 is 15.0 Å². The van der Waals surface area contributed by atoms with E-state index in [1.54, 1.807) is 7.11 Å². The van der Waals surface area contributed by atoms with Crippen LogP contribution in [0.3, 0.4) is 0 Å². The Balaban J connectivity index is 3.21. The molecule has 86 valence electrons. The van der Waals surface area contributed by atoms with Crippen molar-refractivity contribution in [1.82, 2.24) is 10.2 Å². The van der Waals surface area contributed by atoms with Crippen LogP contribution in [-0.4, -0.2) is 50.8 Å². The van der Waals surface area contributed by atoms with Crippen LogP contribution in [0.15, 0.2) is 0 Å². The molecule has 14 heavy (non-hydrogen) atoms. The van der Waals surface area contributed by atoms with Gasteiger partial charge >= 0.3 is 0 Å². The standard InChI is InChI=1S/C11H26N2O/c1-10(2)13(4)8-6-7-12-9-11(3)14-5/h10-12H,6-9H2,1-5H3. The van der Waals surface area contributed by atoms with Gasteiger partial charge in [0.25, 0.3) is 0 Å². The highest BCUT2D eigenvalue weighted by atomic mass is 16.5. The third-order valence-electron chi connectivity index (χ3n) is 2.58. The molecule has 0 aromatic carbocycles. The summed E-state index contributed by atoms with van der Waals surface area (Å²) in [7, 11) is 3.92. The summed E-state index contributed by atoms with van der Waals surface area (Å²) in [4.78, 5) is 2.36. The zero-order valence-corrected chi connectivity index (χ0v) is 10.3. The molecule has 1 atom stereocenters. The Kier molecular flexibility index (Phi) is 8.14. The summed E-state index contributed by atoms with van der Waals surface area (Å²) in [6.45, 7) is 9.70. The van der Waals surface area contributed by atoms with Gasteiger partial charge in [0.2, 0.25) is 0 Å². The molecule has 0 amide bonds. The lowest BCUT2D eigenvalue weighted by molar-refractivity contribution is 0.117. The number of ether oxygens (including phenoxy) is 1. The van der Waals surface area contributed by atoms with Gasteiger partial charge in [-0.2, -0.15) is 0 Å². The predicted molar refractivity (Wildman–Crippen MR) is 61.7 cm³/mol. The van der Waals surface area contributed by atoms with E-state index in [0.29, 0.717) is 12.1 Å². The van der Waals surface area contributed by atoms with Crippen molar-refractivity contribution in [3.05, 3.63) is 0 Å². The molecule has 0 saturated carbocycles. The van der Waals surface area contributed by atoms with E-state index in [1.165, 1.54) is 6.42 Å². The molecule has 0 fully saturated rings. The summed E-state index contributed by atoms with van der Waals surface area (Å²) in [5.74, 6) is 0. The topological polar surface area (TPSA) is 24.5 Å². The van der Waals surface area contributed by atoms with Gasteiger partial charge in [-0.05, 0) is 47.3 Å². The number of hydrogen-bond acceptors (Lipinski definition) is 3. The number of nitrogens with one attached hydrogen (secondary N) is 1. The largest absolute Gasteiger partial charge is 0.380 e. The maximum atomic E-state index is 5.14. The van der Waals surface area contributed by atoms with Gasteiger partial charge in [-0.25, -0.2) is 0 Å². The minimum Gasteiger partial charge on any atom is -0.380 e. The SMILES string of the molecule is COC(C)CNCCCN(C)C(C)C. The normalized spacial score (nSPS) is 13.9. The number of hydrogen-bond donors (Lipinski definition) is 1. The Morgan fingerprint density at radius 1 is 1.29 bits per heavy atom. The van der Waals surface area contributed by atoms with E-state index in [2.05, 4.69) is 38.0 Å². The molecule has 3 heteroatoms. The molecule has 0 rings (SSSR count). The Morgan fingerprint density at radius 2 is 1.93 bits per heavy atom. The van der Waals surface area contributed by atoms with E-state index >= 15 is 0 Å². The average molecular weight is 202 g/mol. The van der Waals surface area contributed by atoms with E-state index in [9.17, 15) is 0 Å². The lowest BCUT2D eigenvalue weighted by Crippen LogP contribution is -2.31. The third-order valence-corrected chi connectivity index (χ3v) is 2.58. The van der Waals surface area contributed by atoms with Crippen LogP contribution in [0, 0.1) is 0 Å². The summed E-state index contributed by atoms with van der Waals surface area (Å²) in [5, 5.41) is 3.38. The van der Waals surface area contributed by atoms with Crippen molar-refractivity contribution in [2.45, 2.75) is 39.3 Å². The van der Waals surface area contributed by atoms with Gasteiger partial charge in [0.15, 0.2) is 0 Å². The van der Waals surface area contributed by atoms with Crippen LogP contribution in [0.1, 0.15) is 27.2 Å². The molecule has 1 N–H and O–H groups in total. The van der Waals surface area contributed by atoms with Crippen LogP contribution in [0.4, 0.5) is 0 Å². The number of methoxy groups -OCH3 is 1. The summed E-state index contributed by atoms with van der Waals surface area (Å²) in [6.07, 6.45) is 1.52. The Labute approximate surface area is 88.8 Å². The zero-order valence-electron chi connectivity index (χ0n) is 10.3. The van der Waals surface area contributed by atoms with Crippen molar-refractivity contribution in [2.75, 3.05) is 33.8 Å². The second-order valence-corrected chi connectivity index (χ2v) is 4.18. The second-order valence-electron chi connectivity index (χ2n) is 4.18. The third kappa shape index (κ3) is 7.30. The van der Waals surface area contributed by atoms with Crippen molar-refractivity contribution >= 4 is 0 Å². The molecule has 0 aliphatic rings. The summed E-state index contributed by atoms with van der Waals surface area (Å²) in [5.41, 5.74) is 0. The summed E-state index contributed by atoms with van der Waals surface area (Å²) < 4.78 is 5.14. The molecular weight excluding hydrogens is 176 g/mol. The van der Waals surface area contributed by atoms with Crippen LogP contribution in [-0.2, 0) is 4.74 Å². The van der Waals surface area contributed by atoms with Gasteiger partial charge in [-0.15, -0.1) is 0 Å². The lowest BCUT2D eigenvalue weighted by Gasteiger charge is -2.21. The highest BCUT2D eigenvalue weighted by Gasteiger charge is 2.02. The van der Waals surface area contributed by atoms with Gasteiger partial charge in [0, 0.05) is 19.7 Å². The highest BCUT2D eigenvalue weighted by molar-refractivity contribution is 4.59. The molecule has 3 nitrogen and oxygen atoms in total. The van der Waals surface area contributed by atoms with Crippen molar-refractivity contribution in [1.29, 1.82) is 0 Å². The maximum absolute atomic E-state index is 5.14. The predicted octanol–water partition coefficient (Wildman–Crippen LogP) is 1.34. The first-order valence-electron chi connectivity index (χ1n) is 5.51. The molecule has 0 aliphatic heterocycles. The van der Waals surface area contributed by atoms with E-state index in [-0.39, 0.29) is 0 Å². The van der Waals surface area contributed by atoms with Crippen LogP contribution in [0.5, 0.6) is 0 Å². The maximum Gasteiger partial charge on any atom is 0.0667 e. The van der Waals surface area contributed by atoms with Crippen LogP contribution in [0.25, 0.3) is 0 Å². The second kappa shape index (κ2) is 8.21. The fraction of sp³-hybridized carbons (Fsp3) is 1.00. The molecule has 0 heterocycles. The summed E-state index contributed by atoms with van der Waals surface area (Å²) in [6, 6.07) is 0.646. The lowest BCUT2D eigenvalue weighted by atomic mass is 10.3. The van der Waals surface area contributed by atoms with Gasteiger partial charge in [0.05, 0.1) is 6.10 Å². The van der Waals surface area contributed by atoms with E-state index in [0.717, 1.165) is 19.6 Å². The molecular formula is C11H26N2O. The van der Waals surface area contributed by atoms with Gasteiger partial charge in [0.1, 0.15) is 0 Å². The Bertz CT molecular complexity index is 128. The van der Waals surface area contributed by atoms with E-state index in [4.69, 9.17) is 4.74 Å². The van der Waals surface area contributed by atoms with Crippen molar-refractivity contribution in [2.24, 2.45) is 0 Å². The van der Waals surface area contributed by atoms with Crippen molar-refractivity contribution in [3.8, 4) is 0 Å². The minimum atomic E-state index is 0.317. The minimum absolute atomic E-state index is 0.317. The molecule has 0 saturated heterocycles. The molecule has 0 aliphatic carbocycles. The van der Waals surface area contributed by atoms with E-state index in [1.807, 2.05) is 0 Å². The summed E-state index contributed by atoms with van der Waals surface area (Å²) >= 11 is 0. The number of nitrogens with zero attached hydrogens (tertiary/aromatic N) is 1. The molecule has 0 spiro atoms. The first kappa shape index (κ1) is 13.9. The molecule has 0 aromatic heterocycles. The van der Waals surface area contributed by atoms with Gasteiger partial charge in [-0.3, -0.25) is 0 Å². The van der Waals surface area contributed by atoms with Crippen molar-refractivity contribution < 1.29 is 4.74 Å².